The third-order valence-electron chi connectivity index (χ3n) is 2.92. The summed E-state index contributed by atoms with van der Waals surface area (Å²) in [5, 5.41) is -0.134. The fourth-order valence-electron chi connectivity index (χ4n) is 1.91. The number of halogens is 3. The number of alkyl halides is 1. The molecule has 0 saturated carbocycles. The molecule has 0 heterocycles. The molecule has 106 valence electrons. The molecule has 0 aliphatic rings. The first-order chi connectivity index (χ1) is 9.56. The summed E-state index contributed by atoms with van der Waals surface area (Å²) in [6.45, 7) is 0. The lowest BCUT2D eigenvalue weighted by atomic mass is 10.0. The van der Waals surface area contributed by atoms with Crippen LogP contribution in [0.3, 0.4) is 0 Å². The lowest BCUT2D eigenvalue weighted by Crippen LogP contribution is -1.98. The topological polar surface area (TPSA) is 18.5 Å². The number of ether oxygens (including phenoxy) is 2. The molecule has 0 aliphatic carbocycles. The molecule has 1 atom stereocenters. The fraction of sp³-hybridized carbons (Fsp3) is 0.200. The standard InChI is InChI=1S/C15H13Cl2FO2/c1-19-13-7-11(12(16)8-14(13)20-2)15(17)9-4-3-5-10(18)6-9/h3-8,15H,1-2H3. The summed E-state index contributed by atoms with van der Waals surface area (Å²) < 4.78 is 23.7. The molecule has 0 fully saturated rings. The van der Waals surface area contributed by atoms with E-state index < -0.39 is 5.38 Å². The van der Waals surface area contributed by atoms with Gasteiger partial charge in [-0.05, 0) is 29.3 Å². The van der Waals surface area contributed by atoms with Crippen molar-refractivity contribution in [2.75, 3.05) is 14.2 Å². The average molecular weight is 315 g/mol. The van der Waals surface area contributed by atoms with E-state index in [0.29, 0.717) is 27.6 Å². The Hall–Kier alpha value is -1.45. The quantitative estimate of drug-likeness (QED) is 0.753. The molecule has 0 saturated heterocycles. The molecule has 1 unspecified atom stereocenters. The van der Waals surface area contributed by atoms with E-state index >= 15 is 0 Å². The van der Waals surface area contributed by atoms with Gasteiger partial charge in [0.1, 0.15) is 5.82 Å². The van der Waals surface area contributed by atoms with E-state index in [2.05, 4.69) is 0 Å². The Kier molecular flexibility index (Phi) is 4.73. The normalized spacial score (nSPS) is 12.1. The minimum Gasteiger partial charge on any atom is -0.493 e. The van der Waals surface area contributed by atoms with E-state index in [1.807, 2.05) is 0 Å². The van der Waals surface area contributed by atoms with Gasteiger partial charge >= 0.3 is 0 Å². The molecule has 0 N–H and O–H groups in total. The maximum absolute atomic E-state index is 13.3. The first-order valence-corrected chi connectivity index (χ1v) is 6.69. The van der Waals surface area contributed by atoms with Crippen LogP contribution in [0.5, 0.6) is 11.5 Å². The highest BCUT2D eigenvalue weighted by Gasteiger charge is 2.18. The van der Waals surface area contributed by atoms with Crippen LogP contribution in [0, 0.1) is 5.82 Å². The molecule has 20 heavy (non-hydrogen) atoms. The second kappa shape index (κ2) is 6.33. The van der Waals surface area contributed by atoms with Crippen LogP contribution >= 0.6 is 23.2 Å². The van der Waals surface area contributed by atoms with Crippen molar-refractivity contribution < 1.29 is 13.9 Å². The summed E-state index contributed by atoms with van der Waals surface area (Å²) in [5.74, 6) is 0.697. The molecule has 2 rings (SSSR count). The lowest BCUT2D eigenvalue weighted by Gasteiger charge is -2.16. The van der Waals surface area contributed by atoms with Crippen molar-refractivity contribution >= 4 is 23.2 Å². The summed E-state index contributed by atoms with van der Waals surface area (Å²) >= 11 is 12.6. The summed E-state index contributed by atoms with van der Waals surface area (Å²) in [7, 11) is 3.06. The first kappa shape index (κ1) is 14.9. The van der Waals surface area contributed by atoms with Crippen LogP contribution in [0.4, 0.5) is 4.39 Å². The summed E-state index contributed by atoms with van der Waals surface area (Å²) in [4.78, 5) is 0. The number of methoxy groups -OCH3 is 2. The predicted octanol–water partition coefficient (Wildman–Crippen LogP) is 4.82. The SMILES string of the molecule is COc1cc(Cl)c(C(Cl)c2cccc(F)c2)cc1OC. The van der Waals surface area contributed by atoms with Crippen molar-refractivity contribution in [2.24, 2.45) is 0 Å². The zero-order valence-electron chi connectivity index (χ0n) is 11.0. The van der Waals surface area contributed by atoms with Crippen LogP contribution in [0.2, 0.25) is 5.02 Å². The fourth-order valence-corrected chi connectivity index (χ4v) is 2.54. The maximum Gasteiger partial charge on any atom is 0.162 e. The summed E-state index contributed by atoms with van der Waals surface area (Å²) in [6.07, 6.45) is 0. The third-order valence-corrected chi connectivity index (χ3v) is 3.73. The van der Waals surface area contributed by atoms with Gasteiger partial charge in [0.05, 0.1) is 19.6 Å². The van der Waals surface area contributed by atoms with Crippen molar-refractivity contribution in [1.82, 2.24) is 0 Å². The highest BCUT2D eigenvalue weighted by molar-refractivity contribution is 6.33. The van der Waals surface area contributed by atoms with Gasteiger partial charge in [-0.15, -0.1) is 11.6 Å². The van der Waals surface area contributed by atoms with Crippen LogP contribution < -0.4 is 9.47 Å². The Bertz CT molecular complexity index is 617. The minimum atomic E-state index is -0.571. The van der Waals surface area contributed by atoms with Gasteiger partial charge < -0.3 is 9.47 Å². The van der Waals surface area contributed by atoms with Crippen LogP contribution in [0.25, 0.3) is 0 Å². The Balaban J connectivity index is 2.46. The van der Waals surface area contributed by atoms with E-state index in [0.717, 1.165) is 0 Å². The van der Waals surface area contributed by atoms with Gasteiger partial charge in [0.2, 0.25) is 0 Å². The van der Waals surface area contributed by atoms with E-state index in [9.17, 15) is 4.39 Å². The molecule has 0 aromatic heterocycles. The average Bonchev–Trinajstić information content (AvgIpc) is 2.46. The van der Waals surface area contributed by atoms with Crippen molar-refractivity contribution in [3.05, 3.63) is 58.4 Å². The number of hydrogen-bond donors (Lipinski definition) is 0. The van der Waals surface area contributed by atoms with Gasteiger partial charge in [-0.25, -0.2) is 4.39 Å². The van der Waals surface area contributed by atoms with Gasteiger partial charge in [-0.1, -0.05) is 23.7 Å². The molecule has 0 radical (unpaired) electrons. The molecule has 5 heteroatoms. The number of hydrogen-bond acceptors (Lipinski definition) is 2. The van der Waals surface area contributed by atoms with Crippen molar-refractivity contribution in [2.45, 2.75) is 5.38 Å². The third kappa shape index (κ3) is 3.00. The zero-order valence-corrected chi connectivity index (χ0v) is 12.5. The lowest BCUT2D eigenvalue weighted by molar-refractivity contribution is 0.354. The Morgan fingerprint density at radius 2 is 1.70 bits per heavy atom. The summed E-state index contributed by atoms with van der Waals surface area (Å²) in [6, 6.07) is 9.42. The minimum absolute atomic E-state index is 0.343. The van der Waals surface area contributed by atoms with E-state index in [1.165, 1.54) is 26.4 Å². The van der Waals surface area contributed by atoms with Crippen LogP contribution in [-0.2, 0) is 0 Å². The Morgan fingerprint density at radius 1 is 1.05 bits per heavy atom. The number of benzene rings is 2. The molecular formula is C15H13Cl2FO2. The summed E-state index contributed by atoms with van der Waals surface area (Å²) in [5.41, 5.74) is 1.26. The van der Waals surface area contributed by atoms with E-state index in [4.69, 9.17) is 32.7 Å². The molecule has 2 aromatic rings. The van der Waals surface area contributed by atoms with Crippen LogP contribution in [-0.4, -0.2) is 14.2 Å². The molecule has 2 nitrogen and oxygen atoms in total. The zero-order chi connectivity index (χ0) is 14.7. The van der Waals surface area contributed by atoms with E-state index in [1.54, 1.807) is 24.3 Å². The molecule has 2 aromatic carbocycles. The van der Waals surface area contributed by atoms with Crippen molar-refractivity contribution in [3.8, 4) is 11.5 Å². The second-order valence-electron chi connectivity index (χ2n) is 4.15. The highest BCUT2D eigenvalue weighted by Crippen LogP contribution is 2.40. The van der Waals surface area contributed by atoms with Gasteiger partial charge in [-0.3, -0.25) is 0 Å². The second-order valence-corrected chi connectivity index (χ2v) is 4.99. The first-order valence-electron chi connectivity index (χ1n) is 5.87. The number of rotatable bonds is 4. The van der Waals surface area contributed by atoms with Gasteiger partial charge in [0.25, 0.3) is 0 Å². The van der Waals surface area contributed by atoms with Crippen molar-refractivity contribution in [1.29, 1.82) is 0 Å². The van der Waals surface area contributed by atoms with Gasteiger partial charge in [0, 0.05) is 11.1 Å². The van der Waals surface area contributed by atoms with Gasteiger partial charge in [0.15, 0.2) is 11.5 Å². The Morgan fingerprint density at radius 3 is 2.30 bits per heavy atom. The molecule has 0 spiro atoms. The smallest absolute Gasteiger partial charge is 0.162 e. The van der Waals surface area contributed by atoms with Gasteiger partial charge in [-0.2, -0.15) is 0 Å². The van der Waals surface area contributed by atoms with Crippen LogP contribution in [0.15, 0.2) is 36.4 Å². The van der Waals surface area contributed by atoms with Crippen molar-refractivity contribution in [3.63, 3.8) is 0 Å². The molecule has 0 aliphatic heterocycles. The molecule has 0 bridgehead atoms. The van der Waals surface area contributed by atoms with Crippen LogP contribution in [0.1, 0.15) is 16.5 Å². The maximum atomic E-state index is 13.3. The Labute approximate surface area is 127 Å². The largest absolute Gasteiger partial charge is 0.493 e. The van der Waals surface area contributed by atoms with E-state index in [-0.39, 0.29) is 5.82 Å². The highest BCUT2D eigenvalue weighted by atomic mass is 35.5. The molecular weight excluding hydrogens is 302 g/mol. The predicted molar refractivity (Wildman–Crippen MR) is 78.7 cm³/mol. The monoisotopic (exact) mass is 314 g/mol. The molecule has 0 amide bonds.